The number of rotatable bonds is 5. The normalized spacial score (nSPS) is 18.6. The summed E-state index contributed by atoms with van der Waals surface area (Å²) < 4.78 is 20.0. The van der Waals surface area contributed by atoms with Crippen LogP contribution in [-0.4, -0.2) is 29.4 Å². The van der Waals surface area contributed by atoms with Crippen molar-refractivity contribution in [3.8, 4) is 11.5 Å². The van der Waals surface area contributed by atoms with Gasteiger partial charge in [-0.2, -0.15) is 0 Å². The highest BCUT2D eigenvalue weighted by atomic mass is 19.1. The van der Waals surface area contributed by atoms with Crippen molar-refractivity contribution < 1.29 is 18.4 Å². The van der Waals surface area contributed by atoms with Gasteiger partial charge in [0.15, 0.2) is 5.69 Å². The van der Waals surface area contributed by atoms with Crippen molar-refractivity contribution in [2.45, 2.75) is 31.2 Å². The second kappa shape index (κ2) is 7.40. The van der Waals surface area contributed by atoms with Gasteiger partial charge in [0, 0.05) is 18.0 Å². The van der Waals surface area contributed by atoms with Gasteiger partial charge >= 0.3 is 0 Å². The van der Waals surface area contributed by atoms with Gasteiger partial charge in [-0.15, -0.1) is 0 Å². The predicted molar refractivity (Wildman–Crippen MR) is 109 cm³/mol. The van der Waals surface area contributed by atoms with E-state index in [1.54, 1.807) is 18.2 Å². The molecule has 1 saturated heterocycles. The standard InChI is InChI=1S/C23H20FN3O3/c24-16-8-4-5-9-18(16)27-13-12-17(23(27)29)25-21(28)19-20(14-10-11-14)30-22(26-19)15-6-2-1-3-7-15/h1-9,14,17H,10-13H2,(H,25,28). The minimum absolute atomic E-state index is 0.185. The van der Waals surface area contributed by atoms with Crippen LogP contribution in [0.3, 0.4) is 0 Å². The molecule has 0 radical (unpaired) electrons. The number of halogens is 1. The van der Waals surface area contributed by atoms with Crippen LogP contribution in [0.1, 0.15) is 41.4 Å². The smallest absolute Gasteiger partial charge is 0.274 e. The van der Waals surface area contributed by atoms with E-state index >= 15 is 0 Å². The molecule has 2 heterocycles. The molecule has 30 heavy (non-hydrogen) atoms. The van der Waals surface area contributed by atoms with Crippen molar-refractivity contribution in [2.75, 3.05) is 11.4 Å². The van der Waals surface area contributed by atoms with Gasteiger partial charge in [-0.05, 0) is 43.5 Å². The third-order valence-corrected chi connectivity index (χ3v) is 5.49. The van der Waals surface area contributed by atoms with E-state index in [0.29, 0.717) is 24.6 Å². The van der Waals surface area contributed by atoms with E-state index in [-0.39, 0.29) is 23.2 Å². The van der Waals surface area contributed by atoms with Crippen LogP contribution in [0.5, 0.6) is 0 Å². The molecule has 3 aromatic rings. The van der Waals surface area contributed by atoms with Gasteiger partial charge < -0.3 is 14.6 Å². The highest BCUT2D eigenvalue weighted by molar-refractivity contribution is 6.03. The number of carbonyl (C=O) groups excluding carboxylic acids is 2. The van der Waals surface area contributed by atoms with Crippen molar-refractivity contribution in [1.82, 2.24) is 10.3 Å². The van der Waals surface area contributed by atoms with Crippen LogP contribution in [0.4, 0.5) is 10.1 Å². The van der Waals surface area contributed by atoms with E-state index in [9.17, 15) is 14.0 Å². The fourth-order valence-electron chi connectivity index (χ4n) is 3.77. The molecule has 1 aromatic heterocycles. The molecule has 2 aromatic carbocycles. The number of nitrogens with zero attached hydrogens (tertiary/aromatic N) is 2. The number of nitrogens with one attached hydrogen (secondary N) is 1. The molecule has 1 saturated carbocycles. The van der Waals surface area contributed by atoms with Crippen molar-refractivity contribution in [3.05, 3.63) is 71.9 Å². The lowest BCUT2D eigenvalue weighted by Gasteiger charge is -2.17. The Labute approximate surface area is 172 Å². The largest absolute Gasteiger partial charge is 0.440 e. The van der Waals surface area contributed by atoms with Gasteiger partial charge in [-0.25, -0.2) is 9.37 Å². The third kappa shape index (κ3) is 3.36. The lowest BCUT2D eigenvalue weighted by atomic mass is 10.2. The zero-order chi connectivity index (χ0) is 20.7. The molecule has 152 valence electrons. The fourth-order valence-corrected chi connectivity index (χ4v) is 3.77. The Hall–Kier alpha value is -3.48. The van der Waals surface area contributed by atoms with Gasteiger partial charge in [-0.3, -0.25) is 9.59 Å². The van der Waals surface area contributed by atoms with E-state index in [0.717, 1.165) is 18.4 Å². The third-order valence-electron chi connectivity index (χ3n) is 5.49. The number of anilines is 1. The minimum atomic E-state index is -0.721. The Morgan fingerprint density at radius 1 is 1.07 bits per heavy atom. The molecule has 1 N–H and O–H groups in total. The van der Waals surface area contributed by atoms with Crippen LogP contribution in [0.25, 0.3) is 11.5 Å². The van der Waals surface area contributed by atoms with Gasteiger partial charge in [0.25, 0.3) is 5.91 Å². The molecule has 0 spiro atoms. The second-order valence-corrected chi connectivity index (χ2v) is 7.63. The Bertz CT molecular complexity index is 1110. The van der Waals surface area contributed by atoms with E-state index in [1.165, 1.54) is 11.0 Å². The molecule has 7 heteroatoms. The lowest BCUT2D eigenvalue weighted by Crippen LogP contribution is -2.42. The van der Waals surface area contributed by atoms with Crippen LogP contribution in [0.2, 0.25) is 0 Å². The number of aromatic nitrogens is 1. The number of benzene rings is 2. The van der Waals surface area contributed by atoms with Crippen molar-refractivity contribution >= 4 is 17.5 Å². The first kappa shape index (κ1) is 18.5. The molecular formula is C23H20FN3O3. The van der Waals surface area contributed by atoms with Gasteiger partial charge in [0.1, 0.15) is 17.6 Å². The van der Waals surface area contributed by atoms with Gasteiger partial charge in [0.2, 0.25) is 11.8 Å². The number of amides is 2. The number of para-hydroxylation sites is 1. The van der Waals surface area contributed by atoms with Crippen LogP contribution in [0.15, 0.2) is 59.0 Å². The van der Waals surface area contributed by atoms with Crippen molar-refractivity contribution in [2.24, 2.45) is 0 Å². The van der Waals surface area contributed by atoms with Crippen LogP contribution >= 0.6 is 0 Å². The van der Waals surface area contributed by atoms with Crippen molar-refractivity contribution in [3.63, 3.8) is 0 Å². The summed E-state index contributed by atoms with van der Waals surface area (Å²) in [4.78, 5) is 31.6. The maximum Gasteiger partial charge on any atom is 0.274 e. The molecular weight excluding hydrogens is 385 g/mol. The van der Waals surface area contributed by atoms with Gasteiger partial charge in [0.05, 0.1) is 5.69 Å². The first-order chi connectivity index (χ1) is 14.6. The average Bonchev–Trinajstić information content (AvgIpc) is 3.42. The SMILES string of the molecule is O=C(NC1CCN(c2ccccc2F)C1=O)c1nc(-c2ccccc2)oc1C1CC1. The molecule has 1 aliphatic carbocycles. The molecule has 1 aliphatic heterocycles. The summed E-state index contributed by atoms with van der Waals surface area (Å²) in [5, 5.41) is 2.78. The molecule has 2 aliphatic rings. The second-order valence-electron chi connectivity index (χ2n) is 7.63. The molecule has 6 nitrogen and oxygen atoms in total. The Kier molecular flexibility index (Phi) is 4.58. The summed E-state index contributed by atoms with van der Waals surface area (Å²) in [6, 6.07) is 14.8. The number of hydrogen-bond acceptors (Lipinski definition) is 4. The van der Waals surface area contributed by atoms with Crippen LogP contribution < -0.4 is 10.2 Å². The minimum Gasteiger partial charge on any atom is -0.440 e. The Balaban J connectivity index is 1.36. The van der Waals surface area contributed by atoms with Crippen LogP contribution in [0, 0.1) is 5.82 Å². The monoisotopic (exact) mass is 405 g/mol. The van der Waals surface area contributed by atoms with E-state index < -0.39 is 17.8 Å². The first-order valence-electron chi connectivity index (χ1n) is 10.0. The van der Waals surface area contributed by atoms with Gasteiger partial charge in [-0.1, -0.05) is 30.3 Å². The quantitative estimate of drug-likeness (QED) is 0.699. The molecule has 0 bridgehead atoms. The summed E-state index contributed by atoms with van der Waals surface area (Å²) in [6.45, 7) is 0.342. The van der Waals surface area contributed by atoms with Crippen LogP contribution in [-0.2, 0) is 4.79 Å². The van der Waals surface area contributed by atoms with E-state index in [2.05, 4.69) is 10.3 Å². The Morgan fingerprint density at radius 3 is 2.53 bits per heavy atom. The zero-order valence-electron chi connectivity index (χ0n) is 16.2. The highest BCUT2D eigenvalue weighted by Crippen LogP contribution is 2.43. The number of oxazole rings is 1. The maximum absolute atomic E-state index is 14.1. The summed E-state index contributed by atoms with van der Waals surface area (Å²) in [5.74, 6) is -0.0661. The maximum atomic E-state index is 14.1. The molecule has 5 rings (SSSR count). The van der Waals surface area contributed by atoms with Crippen molar-refractivity contribution in [1.29, 1.82) is 0 Å². The molecule has 1 unspecified atom stereocenters. The zero-order valence-corrected chi connectivity index (χ0v) is 16.2. The first-order valence-corrected chi connectivity index (χ1v) is 10.0. The molecule has 2 amide bonds. The topological polar surface area (TPSA) is 75.4 Å². The summed E-state index contributed by atoms with van der Waals surface area (Å²) in [5.41, 5.74) is 1.25. The highest BCUT2D eigenvalue weighted by Gasteiger charge is 2.38. The number of carbonyl (C=O) groups is 2. The molecule has 1 atom stereocenters. The predicted octanol–water partition coefficient (Wildman–Crippen LogP) is 3.89. The molecule has 2 fully saturated rings. The average molecular weight is 405 g/mol. The summed E-state index contributed by atoms with van der Waals surface area (Å²) >= 11 is 0. The summed E-state index contributed by atoms with van der Waals surface area (Å²) in [7, 11) is 0. The van der Waals surface area contributed by atoms with E-state index in [4.69, 9.17) is 4.42 Å². The fraction of sp³-hybridized carbons (Fsp3) is 0.261. The Morgan fingerprint density at radius 2 is 1.80 bits per heavy atom. The van der Waals surface area contributed by atoms with E-state index in [1.807, 2.05) is 30.3 Å². The lowest BCUT2D eigenvalue weighted by molar-refractivity contribution is -0.118. The summed E-state index contributed by atoms with van der Waals surface area (Å²) in [6.07, 6.45) is 2.31. The number of hydrogen-bond donors (Lipinski definition) is 1.